The van der Waals surface area contributed by atoms with Gasteiger partial charge in [0.2, 0.25) is 0 Å². The minimum Gasteiger partial charge on any atom is -0.303 e. The van der Waals surface area contributed by atoms with Gasteiger partial charge in [0.1, 0.15) is 17.7 Å². The van der Waals surface area contributed by atoms with Crippen LogP contribution in [-0.4, -0.2) is 22.8 Å². The molecule has 0 saturated carbocycles. The predicted octanol–water partition coefficient (Wildman–Crippen LogP) is 2.23. The van der Waals surface area contributed by atoms with E-state index in [1.54, 1.807) is 18.2 Å². The second-order valence-electron chi connectivity index (χ2n) is 3.71. The van der Waals surface area contributed by atoms with Gasteiger partial charge in [0, 0.05) is 19.3 Å². The van der Waals surface area contributed by atoms with Crippen molar-refractivity contribution in [2.45, 2.75) is 32.6 Å². The lowest BCUT2D eigenvalue weighted by Crippen LogP contribution is -2.08. The van der Waals surface area contributed by atoms with Crippen LogP contribution in [0.1, 0.15) is 53.6 Å². The molecule has 0 unspecified atom stereocenters. The summed E-state index contributed by atoms with van der Waals surface area (Å²) in [5.74, 6) is -0.263. The first-order valence-corrected chi connectivity index (χ1v) is 5.66. The van der Waals surface area contributed by atoms with Crippen molar-refractivity contribution >= 4 is 17.9 Å². The molecule has 1 aromatic heterocycles. The van der Waals surface area contributed by atoms with E-state index >= 15 is 0 Å². The fourth-order valence-corrected chi connectivity index (χ4v) is 1.42. The molecule has 1 rings (SSSR count). The number of Topliss-reactive ketones (excluding diaryl/α,β-unsaturated/α-hetero) is 2. The molecule has 0 aliphatic rings. The van der Waals surface area contributed by atoms with Crippen LogP contribution in [0.25, 0.3) is 0 Å². The topological polar surface area (TPSA) is 64.1 Å². The van der Waals surface area contributed by atoms with Crippen LogP contribution in [0.15, 0.2) is 18.2 Å². The third kappa shape index (κ3) is 3.90. The highest BCUT2D eigenvalue weighted by atomic mass is 16.1. The van der Waals surface area contributed by atoms with Crippen molar-refractivity contribution in [1.82, 2.24) is 4.98 Å². The molecule has 0 amide bonds. The summed E-state index contributed by atoms with van der Waals surface area (Å²) in [5, 5.41) is 0. The number of rotatable bonds is 7. The van der Waals surface area contributed by atoms with Crippen LogP contribution < -0.4 is 0 Å². The number of aromatic nitrogens is 1. The Hall–Kier alpha value is -1.84. The lowest BCUT2D eigenvalue weighted by atomic mass is 10.1. The molecule has 0 spiro atoms. The summed E-state index contributed by atoms with van der Waals surface area (Å²) in [6, 6.07) is 4.81. The van der Waals surface area contributed by atoms with E-state index < -0.39 is 0 Å². The molecular formula is C13H15NO3. The number of pyridine rings is 1. The molecule has 0 N–H and O–H groups in total. The molecule has 1 aromatic rings. The molecule has 0 aromatic carbocycles. The van der Waals surface area contributed by atoms with E-state index in [0.717, 1.165) is 6.42 Å². The molecule has 90 valence electrons. The van der Waals surface area contributed by atoms with Gasteiger partial charge in [0.15, 0.2) is 11.6 Å². The van der Waals surface area contributed by atoms with E-state index in [0.29, 0.717) is 18.4 Å². The highest BCUT2D eigenvalue weighted by molar-refractivity contribution is 5.98. The van der Waals surface area contributed by atoms with Crippen molar-refractivity contribution in [3.05, 3.63) is 29.6 Å². The monoisotopic (exact) mass is 233 g/mol. The fourth-order valence-electron chi connectivity index (χ4n) is 1.42. The van der Waals surface area contributed by atoms with Gasteiger partial charge in [-0.25, -0.2) is 4.98 Å². The van der Waals surface area contributed by atoms with Crippen LogP contribution in [0.2, 0.25) is 0 Å². The Morgan fingerprint density at radius 2 is 1.76 bits per heavy atom. The van der Waals surface area contributed by atoms with Crippen LogP contribution in [0.3, 0.4) is 0 Å². The van der Waals surface area contributed by atoms with Crippen molar-refractivity contribution in [2.75, 3.05) is 0 Å². The molecular weight excluding hydrogens is 218 g/mol. The third-order valence-electron chi connectivity index (χ3n) is 2.29. The average Bonchev–Trinajstić information content (AvgIpc) is 2.36. The number of carbonyl (C=O) groups is 3. The highest BCUT2D eigenvalue weighted by Gasteiger charge is 2.11. The van der Waals surface area contributed by atoms with Gasteiger partial charge in [-0.3, -0.25) is 9.59 Å². The Morgan fingerprint density at radius 3 is 2.29 bits per heavy atom. The number of nitrogens with zero attached hydrogens (tertiary/aromatic N) is 1. The molecule has 0 radical (unpaired) electrons. The zero-order valence-corrected chi connectivity index (χ0v) is 9.81. The molecule has 17 heavy (non-hydrogen) atoms. The number of hydrogen-bond donors (Lipinski definition) is 0. The largest absolute Gasteiger partial charge is 0.303 e. The quantitative estimate of drug-likeness (QED) is 0.535. The minimum absolute atomic E-state index is 0.0578. The molecule has 1 heterocycles. The van der Waals surface area contributed by atoms with Gasteiger partial charge in [-0.1, -0.05) is 13.0 Å². The maximum atomic E-state index is 11.6. The summed E-state index contributed by atoms with van der Waals surface area (Å²) in [5.41, 5.74) is 0.581. The summed E-state index contributed by atoms with van der Waals surface area (Å²) in [6.45, 7) is 1.91. The highest BCUT2D eigenvalue weighted by Crippen LogP contribution is 2.07. The van der Waals surface area contributed by atoms with E-state index in [-0.39, 0.29) is 30.1 Å². The number of aldehydes is 1. The van der Waals surface area contributed by atoms with E-state index in [9.17, 15) is 14.4 Å². The zero-order valence-electron chi connectivity index (χ0n) is 9.81. The zero-order chi connectivity index (χ0) is 12.7. The van der Waals surface area contributed by atoms with Gasteiger partial charge in [-0.05, 0) is 18.6 Å². The minimum atomic E-state index is -0.205. The third-order valence-corrected chi connectivity index (χ3v) is 2.29. The lowest BCUT2D eigenvalue weighted by molar-refractivity contribution is -0.107. The Balaban J connectivity index is 2.81. The fraction of sp³-hybridized carbons (Fsp3) is 0.385. The van der Waals surface area contributed by atoms with Gasteiger partial charge < -0.3 is 4.79 Å². The first-order valence-electron chi connectivity index (χ1n) is 5.66. The smallest absolute Gasteiger partial charge is 0.181 e. The molecule has 0 fully saturated rings. The molecule has 0 atom stereocenters. The van der Waals surface area contributed by atoms with Crippen LogP contribution in [-0.2, 0) is 4.79 Å². The summed E-state index contributed by atoms with van der Waals surface area (Å²) in [7, 11) is 0. The SMILES string of the molecule is CCCC(=O)c1cccc(C(=O)CCC=O)n1. The van der Waals surface area contributed by atoms with Crippen LogP contribution in [0, 0.1) is 0 Å². The second kappa shape index (κ2) is 6.68. The first kappa shape index (κ1) is 13.2. The molecule has 4 nitrogen and oxygen atoms in total. The van der Waals surface area contributed by atoms with Gasteiger partial charge in [0.05, 0.1) is 0 Å². The van der Waals surface area contributed by atoms with E-state index in [1.165, 1.54) is 0 Å². The van der Waals surface area contributed by atoms with Crippen molar-refractivity contribution in [3.63, 3.8) is 0 Å². The van der Waals surface area contributed by atoms with Crippen molar-refractivity contribution in [2.24, 2.45) is 0 Å². The molecule has 4 heteroatoms. The maximum absolute atomic E-state index is 11.6. The number of ketones is 2. The van der Waals surface area contributed by atoms with Gasteiger partial charge in [-0.15, -0.1) is 0 Å². The van der Waals surface area contributed by atoms with Crippen molar-refractivity contribution < 1.29 is 14.4 Å². The van der Waals surface area contributed by atoms with Gasteiger partial charge in [-0.2, -0.15) is 0 Å². The lowest BCUT2D eigenvalue weighted by Gasteiger charge is -2.01. The standard InChI is InChI=1S/C13H15NO3/c1-2-5-12(16)10-6-3-7-11(14-10)13(17)8-4-9-15/h3,6-7,9H,2,4-5,8H2,1H3. The van der Waals surface area contributed by atoms with E-state index in [1.807, 2.05) is 6.92 Å². The Morgan fingerprint density at radius 1 is 1.18 bits per heavy atom. The number of hydrogen-bond acceptors (Lipinski definition) is 4. The normalized spacial score (nSPS) is 9.94. The van der Waals surface area contributed by atoms with Gasteiger partial charge >= 0.3 is 0 Å². The molecule has 0 aliphatic heterocycles. The Kier molecular flexibility index (Phi) is 5.20. The molecule has 0 bridgehead atoms. The van der Waals surface area contributed by atoms with Crippen LogP contribution in [0.5, 0.6) is 0 Å². The molecule has 0 aliphatic carbocycles. The number of carbonyl (C=O) groups excluding carboxylic acids is 3. The predicted molar refractivity (Wildman–Crippen MR) is 63.1 cm³/mol. The van der Waals surface area contributed by atoms with Crippen LogP contribution in [0.4, 0.5) is 0 Å². The summed E-state index contributed by atoms with van der Waals surface area (Å²) in [4.78, 5) is 37.4. The summed E-state index contributed by atoms with van der Waals surface area (Å²) >= 11 is 0. The van der Waals surface area contributed by atoms with Gasteiger partial charge in [0.25, 0.3) is 0 Å². The van der Waals surface area contributed by atoms with Crippen LogP contribution >= 0.6 is 0 Å². The second-order valence-corrected chi connectivity index (χ2v) is 3.71. The first-order chi connectivity index (χ1) is 8.19. The van der Waals surface area contributed by atoms with E-state index in [2.05, 4.69) is 4.98 Å². The summed E-state index contributed by atoms with van der Waals surface area (Å²) < 4.78 is 0. The van der Waals surface area contributed by atoms with Crippen molar-refractivity contribution in [3.8, 4) is 0 Å². The van der Waals surface area contributed by atoms with E-state index in [4.69, 9.17) is 0 Å². The maximum Gasteiger partial charge on any atom is 0.181 e. The Bertz CT molecular complexity index is 426. The summed E-state index contributed by atoms with van der Waals surface area (Å²) in [6.07, 6.45) is 2.21. The Labute approximate surface area is 100 Å². The average molecular weight is 233 g/mol. The van der Waals surface area contributed by atoms with Crippen molar-refractivity contribution in [1.29, 1.82) is 0 Å². The molecule has 0 saturated heterocycles.